The lowest BCUT2D eigenvalue weighted by Crippen LogP contribution is -2.35. The molecule has 3 nitrogen and oxygen atoms in total. The first-order valence-electron chi connectivity index (χ1n) is 7.80. The van der Waals surface area contributed by atoms with Crippen molar-refractivity contribution in [3.63, 3.8) is 0 Å². The summed E-state index contributed by atoms with van der Waals surface area (Å²) in [4.78, 5) is 4.24. The number of aromatic nitrogens is 2. The molecule has 1 saturated heterocycles. The minimum atomic E-state index is 0.389. The Morgan fingerprint density at radius 1 is 0.773 bits per heavy atom. The Hall–Kier alpha value is -2.55. The summed E-state index contributed by atoms with van der Waals surface area (Å²) in [6.45, 7) is 0. The first kappa shape index (κ1) is 13.1. The lowest BCUT2D eigenvalue weighted by molar-refractivity contribution is 0.500. The highest BCUT2D eigenvalue weighted by molar-refractivity contribution is 5.31. The van der Waals surface area contributed by atoms with Crippen LogP contribution in [0.15, 0.2) is 79.4 Å². The van der Waals surface area contributed by atoms with Gasteiger partial charge in [-0.3, -0.25) is 9.69 Å². The van der Waals surface area contributed by atoms with Crippen LogP contribution in [0.2, 0.25) is 0 Å². The van der Waals surface area contributed by atoms with E-state index in [-0.39, 0.29) is 0 Å². The van der Waals surface area contributed by atoms with E-state index in [2.05, 4.69) is 75.3 Å². The van der Waals surface area contributed by atoms with Gasteiger partial charge in [0.2, 0.25) is 0 Å². The van der Waals surface area contributed by atoms with Crippen LogP contribution in [0.25, 0.3) is 0 Å². The zero-order valence-corrected chi connectivity index (χ0v) is 12.4. The molecule has 22 heavy (non-hydrogen) atoms. The summed E-state index contributed by atoms with van der Waals surface area (Å²) in [5.74, 6) is 0. The van der Waals surface area contributed by atoms with Gasteiger partial charge in [-0.05, 0) is 24.0 Å². The molecule has 1 aliphatic rings. The van der Waals surface area contributed by atoms with Crippen molar-refractivity contribution in [3.05, 3.63) is 90.5 Å². The topological polar surface area (TPSA) is 21.1 Å². The Labute approximate surface area is 130 Å². The second kappa shape index (κ2) is 5.68. The second-order valence-corrected chi connectivity index (χ2v) is 5.75. The SMILES string of the molecule is c1ccc([C@@H]2CC[C@@H](c3ccccc3)N2n2ccnc2)cc1. The maximum absolute atomic E-state index is 4.24. The van der Waals surface area contributed by atoms with Gasteiger partial charge in [-0.25, -0.2) is 4.98 Å². The van der Waals surface area contributed by atoms with Crippen LogP contribution in [0.5, 0.6) is 0 Å². The summed E-state index contributed by atoms with van der Waals surface area (Å²) < 4.78 is 2.14. The van der Waals surface area contributed by atoms with E-state index in [0.717, 1.165) is 12.8 Å². The predicted octanol–water partition coefficient (Wildman–Crippen LogP) is 4.10. The summed E-state index contributed by atoms with van der Waals surface area (Å²) in [5.41, 5.74) is 2.74. The number of nitrogens with zero attached hydrogens (tertiary/aromatic N) is 3. The third kappa shape index (κ3) is 2.29. The van der Waals surface area contributed by atoms with E-state index in [0.29, 0.717) is 12.1 Å². The summed E-state index contributed by atoms with van der Waals surface area (Å²) in [6.07, 6.45) is 8.10. The first-order chi connectivity index (χ1) is 10.9. The van der Waals surface area contributed by atoms with E-state index in [4.69, 9.17) is 0 Å². The van der Waals surface area contributed by atoms with Crippen molar-refractivity contribution in [2.24, 2.45) is 0 Å². The Balaban J connectivity index is 1.75. The normalized spacial score (nSPS) is 21.2. The molecule has 2 heterocycles. The minimum absolute atomic E-state index is 0.389. The molecule has 0 radical (unpaired) electrons. The fourth-order valence-electron chi connectivity index (χ4n) is 3.50. The monoisotopic (exact) mass is 289 g/mol. The van der Waals surface area contributed by atoms with Crippen molar-refractivity contribution >= 4 is 0 Å². The molecule has 1 aromatic heterocycles. The average Bonchev–Trinajstić information content (AvgIpc) is 3.25. The molecule has 4 rings (SSSR count). The molecule has 0 unspecified atom stereocenters. The van der Waals surface area contributed by atoms with Crippen LogP contribution in [-0.4, -0.2) is 9.66 Å². The van der Waals surface area contributed by atoms with Gasteiger partial charge in [-0.15, -0.1) is 0 Å². The van der Waals surface area contributed by atoms with E-state index in [1.165, 1.54) is 11.1 Å². The number of hydrogen-bond acceptors (Lipinski definition) is 2. The van der Waals surface area contributed by atoms with Crippen molar-refractivity contribution < 1.29 is 0 Å². The molecule has 110 valence electrons. The van der Waals surface area contributed by atoms with Gasteiger partial charge in [0, 0.05) is 12.4 Å². The highest BCUT2D eigenvalue weighted by atomic mass is 15.6. The van der Waals surface area contributed by atoms with Crippen LogP contribution in [0.1, 0.15) is 36.1 Å². The second-order valence-electron chi connectivity index (χ2n) is 5.75. The van der Waals surface area contributed by atoms with Crippen LogP contribution >= 0.6 is 0 Å². The average molecular weight is 289 g/mol. The fraction of sp³-hybridized carbons (Fsp3) is 0.211. The molecule has 0 aliphatic carbocycles. The molecule has 0 spiro atoms. The molecular formula is C19H19N3. The largest absolute Gasteiger partial charge is 0.297 e. The molecule has 2 aromatic carbocycles. The Morgan fingerprint density at radius 3 is 1.77 bits per heavy atom. The van der Waals surface area contributed by atoms with Crippen LogP contribution in [-0.2, 0) is 0 Å². The number of benzene rings is 2. The molecule has 0 saturated carbocycles. The lowest BCUT2D eigenvalue weighted by atomic mass is 10.0. The lowest BCUT2D eigenvalue weighted by Gasteiger charge is -2.33. The number of hydrogen-bond donors (Lipinski definition) is 0. The Kier molecular flexibility index (Phi) is 3.39. The van der Waals surface area contributed by atoms with Crippen LogP contribution in [0, 0.1) is 0 Å². The number of rotatable bonds is 3. The standard InChI is InChI=1S/C19H19N3/c1-3-7-16(8-4-1)18-11-12-19(17-9-5-2-6-10-17)22(18)21-14-13-20-15-21/h1-10,13-15,18-19H,11-12H2/t18-,19-/m0/s1. The zero-order valence-electron chi connectivity index (χ0n) is 12.4. The van der Waals surface area contributed by atoms with E-state index in [9.17, 15) is 0 Å². The summed E-state index contributed by atoms with van der Waals surface area (Å²) in [5, 5.41) is 2.46. The summed E-state index contributed by atoms with van der Waals surface area (Å²) in [6, 6.07) is 22.3. The minimum Gasteiger partial charge on any atom is -0.297 e. The van der Waals surface area contributed by atoms with Gasteiger partial charge >= 0.3 is 0 Å². The third-order valence-electron chi connectivity index (χ3n) is 4.48. The molecule has 0 amide bonds. The van der Waals surface area contributed by atoms with Gasteiger partial charge in [0.1, 0.15) is 6.33 Å². The van der Waals surface area contributed by atoms with Gasteiger partial charge in [0.05, 0.1) is 12.1 Å². The van der Waals surface area contributed by atoms with Crippen molar-refractivity contribution in [1.29, 1.82) is 0 Å². The van der Waals surface area contributed by atoms with E-state index >= 15 is 0 Å². The summed E-state index contributed by atoms with van der Waals surface area (Å²) in [7, 11) is 0. The van der Waals surface area contributed by atoms with Crippen molar-refractivity contribution in [3.8, 4) is 0 Å². The van der Waals surface area contributed by atoms with Gasteiger partial charge < -0.3 is 0 Å². The van der Waals surface area contributed by atoms with Crippen molar-refractivity contribution in [2.75, 3.05) is 5.01 Å². The Morgan fingerprint density at radius 2 is 1.32 bits per heavy atom. The maximum Gasteiger partial charge on any atom is 0.114 e. The molecule has 0 bridgehead atoms. The molecule has 2 atom stereocenters. The quantitative estimate of drug-likeness (QED) is 0.724. The van der Waals surface area contributed by atoms with Crippen LogP contribution in [0.3, 0.4) is 0 Å². The first-order valence-corrected chi connectivity index (χ1v) is 7.80. The van der Waals surface area contributed by atoms with Crippen LogP contribution in [0.4, 0.5) is 0 Å². The van der Waals surface area contributed by atoms with Crippen molar-refractivity contribution in [2.45, 2.75) is 24.9 Å². The predicted molar refractivity (Wildman–Crippen MR) is 88.0 cm³/mol. The van der Waals surface area contributed by atoms with E-state index in [1.54, 1.807) is 0 Å². The number of imidazole rings is 1. The van der Waals surface area contributed by atoms with Gasteiger partial charge in [0.25, 0.3) is 0 Å². The van der Waals surface area contributed by atoms with Gasteiger partial charge in [0.15, 0.2) is 0 Å². The van der Waals surface area contributed by atoms with E-state index < -0.39 is 0 Å². The van der Waals surface area contributed by atoms with E-state index in [1.807, 2.05) is 18.7 Å². The molecular weight excluding hydrogens is 270 g/mol. The van der Waals surface area contributed by atoms with Gasteiger partial charge in [-0.2, -0.15) is 0 Å². The van der Waals surface area contributed by atoms with Crippen molar-refractivity contribution in [1.82, 2.24) is 9.66 Å². The fourth-order valence-corrected chi connectivity index (χ4v) is 3.50. The van der Waals surface area contributed by atoms with Gasteiger partial charge in [-0.1, -0.05) is 60.7 Å². The maximum atomic E-state index is 4.24. The third-order valence-corrected chi connectivity index (χ3v) is 4.48. The van der Waals surface area contributed by atoms with Crippen LogP contribution < -0.4 is 5.01 Å². The molecule has 3 heteroatoms. The smallest absolute Gasteiger partial charge is 0.114 e. The highest BCUT2D eigenvalue weighted by Crippen LogP contribution is 2.42. The highest BCUT2D eigenvalue weighted by Gasteiger charge is 2.35. The molecule has 0 N–H and O–H groups in total. The Bertz CT molecular complexity index is 659. The summed E-state index contributed by atoms with van der Waals surface area (Å²) >= 11 is 0. The molecule has 1 fully saturated rings. The zero-order chi connectivity index (χ0) is 14.8. The molecule has 3 aromatic rings. The molecule has 1 aliphatic heterocycles.